The monoisotopic (exact) mass is 521 g/mol. The van der Waals surface area contributed by atoms with Gasteiger partial charge in [-0.2, -0.15) is 0 Å². The number of anilines is 1. The van der Waals surface area contributed by atoms with Crippen LogP contribution in [0, 0.1) is 0 Å². The summed E-state index contributed by atoms with van der Waals surface area (Å²) in [6.45, 7) is 6.15. The summed E-state index contributed by atoms with van der Waals surface area (Å²) in [4.78, 5) is 28.1. The minimum Gasteiger partial charge on any atom is -0.354 e. The molecule has 0 fully saturated rings. The van der Waals surface area contributed by atoms with Gasteiger partial charge in [-0.05, 0) is 54.7 Å². The molecule has 1 N–H and O–H groups in total. The Morgan fingerprint density at radius 2 is 1.57 bits per heavy atom. The number of aryl methyl sites for hydroxylation is 1. The van der Waals surface area contributed by atoms with Gasteiger partial charge in [-0.15, -0.1) is 0 Å². The lowest BCUT2D eigenvalue weighted by Crippen LogP contribution is -2.52. The van der Waals surface area contributed by atoms with E-state index in [0.29, 0.717) is 23.7 Å². The average molecular weight is 522 g/mol. The van der Waals surface area contributed by atoms with Crippen molar-refractivity contribution in [1.29, 1.82) is 0 Å². The maximum absolute atomic E-state index is 13.6. The number of sulfonamides is 1. The van der Waals surface area contributed by atoms with Crippen LogP contribution >= 0.6 is 11.6 Å². The third-order valence-electron chi connectivity index (χ3n) is 5.79. The Morgan fingerprint density at radius 3 is 2.09 bits per heavy atom. The number of rotatable bonds is 13. The molecule has 9 heteroatoms. The van der Waals surface area contributed by atoms with E-state index in [9.17, 15) is 18.0 Å². The van der Waals surface area contributed by atoms with Crippen molar-refractivity contribution in [2.24, 2.45) is 0 Å². The molecule has 2 aromatic carbocycles. The van der Waals surface area contributed by atoms with Crippen LogP contribution < -0.4 is 9.62 Å². The zero-order chi connectivity index (χ0) is 26.0. The number of amides is 2. The van der Waals surface area contributed by atoms with Crippen molar-refractivity contribution in [1.82, 2.24) is 10.2 Å². The van der Waals surface area contributed by atoms with Gasteiger partial charge in [0.05, 0.1) is 11.9 Å². The van der Waals surface area contributed by atoms with Crippen LogP contribution in [-0.2, 0) is 32.6 Å². The fraction of sp³-hybridized carbons (Fsp3) is 0.462. The van der Waals surface area contributed by atoms with Crippen LogP contribution in [0.25, 0.3) is 0 Å². The SMILES string of the molecule is CCCCNC(=O)C(CC)N(Cc1ccc(Cl)cc1)C(=O)CN(c1ccc(CC)cc1)S(C)(=O)=O. The van der Waals surface area contributed by atoms with Crippen LogP contribution in [0.2, 0.25) is 5.02 Å². The van der Waals surface area contributed by atoms with E-state index < -0.39 is 28.5 Å². The van der Waals surface area contributed by atoms with E-state index in [2.05, 4.69) is 5.32 Å². The summed E-state index contributed by atoms with van der Waals surface area (Å²) in [6, 6.07) is 13.4. The highest BCUT2D eigenvalue weighted by Gasteiger charge is 2.31. The van der Waals surface area contributed by atoms with Crippen LogP contribution in [0.15, 0.2) is 48.5 Å². The molecule has 0 saturated carbocycles. The molecule has 0 aliphatic carbocycles. The van der Waals surface area contributed by atoms with Crippen molar-refractivity contribution >= 4 is 39.1 Å². The first-order valence-corrected chi connectivity index (χ1v) is 14.2. The zero-order valence-corrected chi connectivity index (χ0v) is 22.5. The predicted octanol–water partition coefficient (Wildman–Crippen LogP) is 4.39. The molecule has 192 valence electrons. The summed E-state index contributed by atoms with van der Waals surface area (Å²) in [6.07, 6.45) is 4.06. The number of nitrogens with zero attached hydrogens (tertiary/aromatic N) is 2. The van der Waals surface area contributed by atoms with Gasteiger partial charge in [0.25, 0.3) is 0 Å². The Bertz CT molecular complexity index is 1070. The second-order valence-electron chi connectivity index (χ2n) is 8.51. The fourth-order valence-electron chi connectivity index (χ4n) is 3.72. The molecule has 0 saturated heterocycles. The Hall–Kier alpha value is -2.58. The molecule has 1 atom stereocenters. The van der Waals surface area contributed by atoms with E-state index >= 15 is 0 Å². The molecular weight excluding hydrogens is 486 g/mol. The van der Waals surface area contributed by atoms with E-state index in [0.717, 1.165) is 41.0 Å². The van der Waals surface area contributed by atoms with Crippen molar-refractivity contribution in [3.63, 3.8) is 0 Å². The maximum atomic E-state index is 13.6. The van der Waals surface area contributed by atoms with Crippen LogP contribution in [-0.4, -0.2) is 50.5 Å². The smallest absolute Gasteiger partial charge is 0.244 e. The third kappa shape index (κ3) is 8.54. The minimum absolute atomic E-state index is 0.155. The number of carbonyl (C=O) groups excluding carboxylic acids is 2. The molecule has 0 bridgehead atoms. The molecule has 35 heavy (non-hydrogen) atoms. The molecule has 0 aliphatic heterocycles. The summed E-state index contributed by atoms with van der Waals surface area (Å²) < 4.78 is 26.4. The summed E-state index contributed by atoms with van der Waals surface area (Å²) >= 11 is 6.01. The number of halogens is 1. The van der Waals surface area contributed by atoms with Crippen molar-refractivity contribution in [3.8, 4) is 0 Å². The number of hydrogen-bond donors (Lipinski definition) is 1. The largest absolute Gasteiger partial charge is 0.354 e. The first kappa shape index (κ1) is 28.7. The van der Waals surface area contributed by atoms with Gasteiger partial charge in [0.1, 0.15) is 12.6 Å². The van der Waals surface area contributed by atoms with Crippen LogP contribution in [0.3, 0.4) is 0 Å². The number of unbranched alkanes of at least 4 members (excludes halogenated alkanes) is 1. The summed E-state index contributed by atoms with van der Waals surface area (Å²) in [5, 5.41) is 3.47. The van der Waals surface area contributed by atoms with Crippen LogP contribution in [0.4, 0.5) is 5.69 Å². The normalized spacial score (nSPS) is 12.1. The highest BCUT2D eigenvalue weighted by Crippen LogP contribution is 2.21. The van der Waals surface area contributed by atoms with Crippen LogP contribution in [0.1, 0.15) is 51.2 Å². The van der Waals surface area contributed by atoms with E-state index in [1.165, 1.54) is 4.90 Å². The Labute approximate surface area is 214 Å². The van der Waals surface area contributed by atoms with Crippen molar-refractivity contribution in [3.05, 3.63) is 64.7 Å². The lowest BCUT2D eigenvalue weighted by molar-refractivity contribution is -0.140. The fourth-order valence-corrected chi connectivity index (χ4v) is 4.70. The molecule has 0 aliphatic rings. The molecular formula is C26H36ClN3O4S. The van der Waals surface area contributed by atoms with E-state index in [-0.39, 0.29) is 12.5 Å². The maximum Gasteiger partial charge on any atom is 0.244 e. The highest BCUT2D eigenvalue weighted by atomic mass is 35.5. The molecule has 0 aromatic heterocycles. The van der Waals surface area contributed by atoms with Gasteiger partial charge in [-0.1, -0.05) is 63.1 Å². The molecule has 0 spiro atoms. The topological polar surface area (TPSA) is 86.8 Å². The van der Waals surface area contributed by atoms with Crippen molar-refractivity contribution in [2.45, 2.75) is 59.0 Å². The molecule has 1 unspecified atom stereocenters. The molecule has 0 radical (unpaired) electrons. The van der Waals surface area contributed by atoms with Crippen LogP contribution in [0.5, 0.6) is 0 Å². The second kappa shape index (κ2) is 13.5. The predicted molar refractivity (Wildman–Crippen MR) is 142 cm³/mol. The molecule has 0 heterocycles. The van der Waals surface area contributed by atoms with Gasteiger partial charge in [0, 0.05) is 18.1 Å². The minimum atomic E-state index is -3.75. The van der Waals surface area contributed by atoms with Crippen molar-refractivity contribution in [2.75, 3.05) is 23.7 Å². The Kier molecular flexibility index (Phi) is 11.0. The third-order valence-corrected chi connectivity index (χ3v) is 7.19. The number of carbonyl (C=O) groups is 2. The van der Waals surface area contributed by atoms with Gasteiger partial charge in [0.15, 0.2) is 0 Å². The van der Waals surface area contributed by atoms with Gasteiger partial charge >= 0.3 is 0 Å². The molecule has 2 amide bonds. The number of hydrogen-bond acceptors (Lipinski definition) is 4. The summed E-state index contributed by atoms with van der Waals surface area (Å²) in [5.74, 6) is -0.705. The Morgan fingerprint density at radius 1 is 0.971 bits per heavy atom. The first-order valence-electron chi connectivity index (χ1n) is 12.0. The van der Waals surface area contributed by atoms with Gasteiger partial charge in [-0.25, -0.2) is 8.42 Å². The lowest BCUT2D eigenvalue weighted by atomic mass is 10.1. The van der Waals surface area contributed by atoms with Gasteiger partial charge < -0.3 is 10.2 Å². The number of benzene rings is 2. The zero-order valence-electron chi connectivity index (χ0n) is 21.0. The summed E-state index contributed by atoms with van der Waals surface area (Å²) in [5.41, 5.74) is 2.26. The van der Waals surface area contributed by atoms with Crippen molar-refractivity contribution < 1.29 is 18.0 Å². The van der Waals surface area contributed by atoms with E-state index in [4.69, 9.17) is 11.6 Å². The first-order chi connectivity index (χ1) is 16.6. The number of nitrogens with one attached hydrogen (secondary N) is 1. The summed E-state index contributed by atoms with van der Waals surface area (Å²) in [7, 11) is -3.75. The quantitative estimate of drug-likeness (QED) is 0.396. The average Bonchev–Trinajstić information content (AvgIpc) is 2.83. The van der Waals surface area contributed by atoms with E-state index in [1.807, 2.05) is 32.9 Å². The van der Waals surface area contributed by atoms with E-state index in [1.54, 1.807) is 36.4 Å². The lowest BCUT2D eigenvalue weighted by Gasteiger charge is -2.33. The highest BCUT2D eigenvalue weighted by molar-refractivity contribution is 7.92. The molecule has 7 nitrogen and oxygen atoms in total. The van der Waals surface area contributed by atoms with Gasteiger partial charge in [0.2, 0.25) is 21.8 Å². The Balaban J connectivity index is 2.38. The second-order valence-corrected chi connectivity index (χ2v) is 10.8. The van der Waals surface area contributed by atoms with Gasteiger partial charge in [-0.3, -0.25) is 13.9 Å². The molecule has 2 rings (SSSR count). The standard InChI is InChI=1S/C26H36ClN3O4S/c1-5-8-17-28-26(32)24(7-3)29(18-21-9-13-22(27)14-10-21)25(31)19-30(35(4,33)34)23-15-11-20(6-2)12-16-23/h9-16,24H,5-8,17-19H2,1-4H3,(H,28,32). The molecule has 2 aromatic rings.